The summed E-state index contributed by atoms with van der Waals surface area (Å²) in [6.07, 6.45) is 2.45. The van der Waals surface area contributed by atoms with Crippen molar-refractivity contribution in [1.29, 1.82) is 0 Å². The van der Waals surface area contributed by atoms with E-state index in [0.717, 1.165) is 16.5 Å². The number of rotatable bonds is 6. The van der Waals surface area contributed by atoms with Gasteiger partial charge >= 0.3 is 121 Å². The topological polar surface area (TPSA) is 55.9 Å². The Balaban J connectivity index is 0.000000165. The molecule has 0 saturated carbocycles. The van der Waals surface area contributed by atoms with Crippen LogP contribution in [-0.4, -0.2) is 30.7 Å². The molecule has 5 rings (SSSR count). The minimum atomic E-state index is -1.98. The first-order chi connectivity index (χ1) is 16.2. The van der Waals surface area contributed by atoms with Crippen LogP contribution < -0.4 is 15.8 Å². The van der Waals surface area contributed by atoms with E-state index in [9.17, 15) is 9.90 Å². The zero-order valence-corrected chi connectivity index (χ0v) is 21.1. The molecule has 33 heavy (non-hydrogen) atoms. The number of aliphatic carboxylic acids is 1. The fourth-order valence-electron chi connectivity index (χ4n) is 3.89. The molecule has 162 valence electrons. The van der Waals surface area contributed by atoms with Gasteiger partial charge in [0.2, 0.25) is 0 Å². The Morgan fingerprint density at radius 1 is 0.667 bits per heavy atom. The molecule has 0 amide bonds. The van der Waals surface area contributed by atoms with Gasteiger partial charge in [0.25, 0.3) is 0 Å². The Hall–Kier alpha value is -3.31. The van der Waals surface area contributed by atoms with E-state index >= 15 is 0 Å². The molecule has 0 aliphatic rings. The number of aryl methyl sites for hydroxylation is 1. The average molecular weight is 538 g/mol. The first-order valence-corrected chi connectivity index (χ1v) is 15.3. The molecule has 0 saturated heterocycles. The number of benzene rings is 4. The zero-order valence-electron chi connectivity index (χ0n) is 18.3. The third kappa shape index (κ3) is 6.14. The van der Waals surface area contributed by atoms with Crippen LogP contribution in [0.3, 0.4) is 0 Å². The SMILES string of the molecule is O=C([O-])CCc1c[nH]c2ccccc12.c1cc[c]([Sn+]([c]2ccccc2)[c]2ccccc2)cc1. The molecule has 0 radical (unpaired) electrons. The molecule has 4 heteroatoms. The third-order valence-corrected chi connectivity index (χ3v) is 13.3. The first kappa shape index (κ1) is 22.9. The number of H-pyrrole nitrogens is 1. The van der Waals surface area contributed by atoms with Crippen molar-refractivity contribution in [2.75, 3.05) is 0 Å². The van der Waals surface area contributed by atoms with Gasteiger partial charge in [-0.3, -0.25) is 0 Å². The zero-order chi connectivity index (χ0) is 22.9. The summed E-state index contributed by atoms with van der Waals surface area (Å²) in [4.78, 5) is 13.4. The van der Waals surface area contributed by atoms with E-state index in [2.05, 4.69) is 96.0 Å². The first-order valence-electron chi connectivity index (χ1n) is 11.0. The van der Waals surface area contributed by atoms with Gasteiger partial charge in [-0.1, -0.05) is 18.2 Å². The van der Waals surface area contributed by atoms with Crippen LogP contribution in [0.25, 0.3) is 10.9 Å². The van der Waals surface area contributed by atoms with Crippen molar-refractivity contribution in [3.05, 3.63) is 127 Å². The Kier molecular flexibility index (Phi) is 7.99. The second-order valence-corrected chi connectivity index (χ2v) is 14.8. The number of nitrogens with one attached hydrogen (secondary N) is 1. The molecule has 3 nitrogen and oxygen atoms in total. The number of hydrogen-bond acceptors (Lipinski definition) is 2. The Morgan fingerprint density at radius 2 is 1.12 bits per heavy atom. The van der Waals surface area contributed by atoms with E-state index in [1.807, 2.05) is 30.5 Å². The van der Waals surface area contributed by atoms with Gasteiger partial charge in [-0.05, 0) is 24.5 Å². The van der Waals surface area contributed by atoms with Crippen molar-refractivity contribution in [3.8, 4) is 0 Å². The summed E-state index contributed by atoms with van der Waals surface area (Å²) >= 11 is -1.98. The molecule has 1 heterocycles. The molecule has 5 aromatic rings. The van der Waals surface area contributed by atoms with Crippen molar-refractivity contribution < 1.29 is 9.90 Å². The standard InChI is InChI=1S/C11H11NO2.3C6H5.Sn/c13-11(14)6-5-8-7-12-10-4-2-1-3-9(8)10;3*1-2-4-6-5-3-1;/h1-4,7,12H,5-6H2,(H,13,14);3*1-5H;/q;;;;+1/p-1. The number of aromatic amines is 1. The maximum absolute atomic E-state index is 10.3. The van der Waals surface area contributed by atoms with Crippen LogP contribution in [0.5, 0.6) is 0 Å². The van der Waals surface area contributed by atoms with Crippen LogP contribution >= 0.6 is 0 Å². The second-order valence-electron chi connectivity index (χ2n) is 7.70. The van der Waals surface area contributed by atoms with Gasteiger partial charge in [0.05, 0.1) is 0 Å². The van der Waals surface area contributed by atoms with E-state index < -0.39 is 25.7 Å². The summed E-state index contributed by atoms with van der Waals surface area (Å²) in [5.74, 6) is -1.00. The van der Waals surface area contributed by atoms with E-state index in [4.69, 9.17) is 0 Å². The third-order valence-electron chi connectivity index (χ3n) is 5.46. The molecule has 0 atom stereocenters. The molecular weight excluding hydrogens is 513 g/mol. The molecule has 0 bridgehead atoms. The summed E-state index contributed by atoms with van der Waals surface area (Å²) in [6.45, 7) is 0. The molecule has 1 aromatic heterocycles. The van der Waals surface area contributed by atoms with Crippen molar-refractivity contribution in [1.82, 2.24) is 4.98 Å². The summed E-state index contributed by atoms with van der Waals surface area (Å²) in [5, 5.41) is 11.4. The van der Waals surface area contributed by atoms with Gasteiger partial charge in [0, 0.05) is 23.1 Å². The average Bonchev–Trinajstić information content (AvgIpc) is 3.29. The monoisotopic (exact) mass is 539 g/mol. The summed E-state index contributed by atoms with van der Waals surface area (Å²) < 4.78 is 4.59. The van der Waals surface area contributed by atoms with Crippen molar-refractivity contribution in [2.45, 2.75) is 12.8 Å². The number of hydrogen-bond donors (Lipinski definition) is 1. The summed E-state index contributed by atoms with van der Waals surface area (Å²) in [7, 11) is 0. The molecule has 0 spiro atoms. The van der Waals surface area contributed by atoms with Gasteiger partial charge in [-0.2, -0.15) is 0 Å². The number of carboxylic acid groups (broad SMARTS) is 1. The van der Waals surface area contributed by atoms with Gasteiger partial charge in [0.15, 0.2) is 0 Å². The summed E-state index contributed by atoms with van der Waals surface area (Å²) in [5.41, 5.74) is 2.07. The molecule has 0 fully saturated rings. The Labute approximate surface area is 201 Å². The van der Waals surface area contributed by atoms with Crippen LogP contribution in [0.1, 0.15) is 12.0 Å². The van der Waals surface area contributed by atoms with Crippen molar-refractivity contribution >= 4 is 47.4 Å². The summed E-state index contributed by atoms with van der Waals surface area (Å²) in [6, 6.07) is 40.8. The van der Waals surface area contributed by atoms with Crippen LogP contribution in [0.15, 0.2) is 121 Å². The molecule has 1 N–H and O–H groups in total. The fourth-order valence-corrected chi connectivity index (χ4v) is 11.2. The molecule has 0 unspecified atom stereocenters. The Morgan fingerprint density at radius 3 is 1.61 bits per heavy atom. The molecule has 4 aromatic carbocycles. The fraction of sp³-hybridized carbons (Fsp3) is 0.0690. The normalized spacial score (nSPS) is 10.3. The predicted molar refractivity (Wildman–Crippen MR) is 136 cm³/mol. The molecule has 0 aliphatic heterocycles. The van der Waals surface area contributed by atoms with Crippen molar-refractivity contribution in [3.63, 3.8) is 0 Å². The van der Waals surface area contributed by atoms with Gasteiger partial charge < -0.3 is 14.9 Å². The second kappa shape index (κ2) is 11.5. The van der Waals surface area contributed by atoms with Crippen LogP contribution in [0.2, 0.25) is 0 Å². The van der Waals surface area contributed by atoms with E-state index in [0.29, 0.717) is 6.42 Å². The van der Waals surface area contributed by atoms with E-state index in [-0.39, 0.29) is 6.42 Å². The number of fused-ring (bicyclic) bond motifs is 1. The van der Waals surface area contributed by atoms with E-state index in [1.54, 1.807) is 0 Å². The number of aromatic nitrogens is 1. The van der Waals surface area contributed by atoms with Crippen LogP contribution in [0.4, 0.5) is 0 Å². The van der Waals surface area contributed by atoms with Crippen molar-refractivity contribution in [2.24, 2.45) is 0 Å². The number of carboxylic acids is 1. The van der Waals surface area contributed by atoms with Crippen LogP contribution in [-0.2, 0) is 11.2 Å². The van der Waals surface area contributed by atoms with Gasteiger partial charge in [-0.15, -0.1) is 0 Å². The number of carbonyl (C=O) groups excluding carboxylic acids is 1. The minimum absolute atomic E-state index is 0.0713. The van der Waals surface area contributed by atoms with Crippen LogP contribution in [0, 0.1) is 0 Å². The van der Waals surface area contributed by atoms with Gasteiger partial charge in [0.1, 0.15) is 0 Å². The number of para-hydroxylation sites is 1. The quantitative estimate of drug-likeness (QED) is 0.338. The Bertz CT molecular complexity index is 1190. The van der Waals surface area contributed by atoms with Gasteiger partial charge in [-0.25, -0.2) is 0 Å². The molecule has 0 aliphatic carbocycles. The van der Waals surface area contributed by atoms with E-state index in [1.165, 1.54) is 10.7 Å². The maximum atomic E-state index is 10.3. The molecular formula is C29H25NO2Sn. The number of carbonyl (C=O) groups is 1. The predicted octanol–water partition coefficient (Wildman–Crippen LogP) is 3.05.